The minimum atomic E-state index is -3.65. The van der Waals surface area contributed by atoms with Gasteiger partial charge in [0.25, 0.3) is 0 Å². The maximum atomic E-state index is 11.2. The Morgan fingerprint density at radius 3 is 2.63 bits per heavy atom. The molecule has 19 heavy (non-hydrogen) atoms. The van der Waals surface area contributed by atoms with E-state index in [9.17, 15) is 8.42 Å². The summed E-state index contributed by atoms with van der Waals surface area (Å²) in [5.74, 6) is 1.72. The van der Waals surface area contributed by atoms with E-state index in [4.69, 9.17) is 9.56 Å². The lowest BCUT2D eigenvalue weighted by Gasteiger charge is -2.05. The second kappa shape index (κ2) is 5.56. The highest BCUT2D eigenvalue weighted by molar-refractivity contribution is 7.89. The molecule has 6 heteroatoms. The highest BCUT2D eigenvalue weighted by Crippen LogP contribution is 2.10. The van der Waals surface area contributed by atoms with Crippen LogP contribution in [0, 0.1) is 6.92 Å². The smallest absolute Gasteiger partial charge is 0.238 e. The predicted molar refractivity (Wildman–Crippen MR) is 71.8 cm³/mol. The van der Waals surface area contributed by atoms with Crippen molar-refractivity contribution in [2.24, 2.45) is 5.14 Å². The molecule has 0 aliphatic rings. The van der Waals surface area contributed by atoms with Crippen molar-refractivity contribution < 1.29 is 12.8 Å². The maximum absolute atomic E-state index is 11.2. The van der Waals surface area contributed by atoms with E-state index in [1.807, 2.05) is 25.1 Å². The molecule has 0 atom stereocenters. The van der Waals surface area contributed by atoms with Gasteiger partial charge >= 0.3 is 0 Å². The molecule has 0 aliphatic heterocycles. The van der Waals surface area contributed by atoms with Crippen molar-refractivity contribution in [2.45, 2.75) is 24.9 Å². The summed E-state index contributed by atoms with van der Waals surface area (Å²) in [6.45, 7) is 3.02. The van der Waals surface area contributed by atoms with Gasteiger partial charge in [0.2, 0.25) is 10.0 Å². The van der Waals surface area contributed by atoms with Crippen molar-refractivity contribution in [3.8, 4) is 0 Å². The molecule has 1 heterocycles. The largest absolute Gasteiger partial charge is 0.465 e. The molecule has 5 nitrogen and oxygen atoms in total. The normalized spacial score (nSPS) is 11.7. The van der Waals surface area contributed by atoms with E-state index in [1.54, 1.807) is 12.1 Å². The average molecular weight is 280 g/mol. The van der Waals surface area contributed by atoms with Crippen molar-refractivity contribution in [3.63, 3.8) is 0 Å². The minimum absolute atomic E-state index is 0.126. The number of hydrogen-bond acceptors (Lipinski definition) is 4. The fourth-order valence-electron chi connectivity index (χ4n) is 1.74. The Morgan fingerprint density at radius 2 is 2.00 bits per heavy atom. The number of primary sulfonamides is 1. The van der Waals surface area contributed by atoms with Gasteiger partial charge < -0.3 is 9.73 Å². The third-order valence-electron chi connectivity index (χ3n) is 2.65. The summed E-state index contributed by atoms with van der Waals surface area (Å²) >= 11 is 0. The van der Waals surface area contributed by atoms with Gasteiger partial charge in [-0.25, -0.2) is 13.6 Å². The summed E-state index contributed by atoms with van der Waals surface area (Å²) in [7, 11) is -3.65. The van der Waals surface area contributed by atoms with Crippen molar-refractivity contribution in [1.29, 1.82) is 0 Å². The molecular weight excluding hydrogens is 264 g/mol. The Labute approximate surface area is 112 Å². The van der Waals surface area contributed by atoms with Gasteiger partial charge in [-0.05, 0) is 36.8 Å². The summed E-state index contributed by atoms with van der Waals surface area (Å²) in [5, 5.41) is 8.27. The molecule has 0 unspecified atom stereocenters. The molecule has 3 N–H and O–H groups in total. The van der Waals surface area contributed by atoms with Gasteiger partial charge in [-0.3, -0.25) is 0 Å². The monoisotopic (exact) mass is 280 g/mol. The molecule has 0 saturated carbocycles. The van der Waals surface area contributed by atoms with E-state index >= 15 is 0 Å². The summed E-state index contributed by atoms with van der Waals surface area (Å²) in [6.07, 6.45) is 0. The van der Waals surface area contributed by atoms with Crippen molar-refractivity contribution in [2.75, 3.05) is 0 Å². The molecule has 2 aromatic rings. The van der Waals surface area contributed by atoms with Crippen LogP contribution in [0.15, 0.2) is 45.7 Å². The van der Waals surface area contributed by atoms with Crippen molar-refractivity contribution in [3.05, 3.63) is 53.5 Å². The fraction of sp³-hybridized carbons (Fsp3) is 0.231. The molecule has 0 aliphatic carbocycles. The second-order valence-electron chi connectivity index (χ2n) is 4.31. The Balaban J connectivity index is 1.96. The lowest BCUT2D eigenvalue weighted by molar-refractivity contribution is 0.461. The zero-order valence-corrected chi connectivity index (χ0v) is 11.4. The van der Waals surface area contributed by atoms with Gasteiger partial charge in [0, 0.05) is 6.54 Å². The van der Waals surface area contributed by atoms with Crippen LogP contribution in [-0.4, -0.2) is 8.42 Å². The molecule has 0 bridgehead atoms. The van der Waals surface area contributed by atoms with Crippen LogP contribution in [0.5, 0.6) is 0 Å². The molecular formula is C13H16N2O3S. The zero-order valence-electron chi connectivity index (χ0n) is 10.6. The summed E-state index contributed by atoms with van der Waals surface area (Å²) < 4.78 is 27.9. The van der Waals surface area contributed by atoms with Crippen LogP contribution in [0.1, 0.15) is 17.1 Å². The number of nitrogens with two attached hydrogens (primary N) is 1. The standard InChI is InChI=1S/C13H16N2O3S/c1-10-5-6-12(18-10)9-15-8-11-3-2-4-13(7-11)19(14,16)17/h2-7,15H,8-9H2,1H3,(H2,14,16,17). The van der Waals surface area contributed by atoms with Crippen molar-refractivity contribution in [1.82, 2.24) is 5.32 Å². The van der Waals surface area contributed by atoms with E-state index in [0.717, 1.165) is 17.1 Å². The fourth-order valence-corrected chi connectivity index (χ4v) is 2.33. The van der Waals surface area contributed by atoms with Gasteiger partial charge in [-0.15, -0.1) is 0 Å². The third-order valence-corrected chi connectivity index (χ3v) is 3.56. The lowest BCUT2D eigenvalue weighted by Crippen LogP contribution is -2.15. The number of benzene rings is 1. The maximum Gasteiger partial charge on any atom is 0.238 e. The molecule has 1 aromatic heterocycles. The molecule has 0 saturated heterocycles. The molecule has 0 radical (unpaired) electrons. The quantitative estimate of drug-likeness (QED) is 0.869. The SMILES string of the molecule is Cc1ccc(CNCc2cccc(S(N)(=O)=O)c2)o1. The number of furan rings is 1. The van der Waals surface area contributed by atoms with Crippen molar-refractivity contribution >= 4 is 10.0 Å². The molecule has 0 fully saturated rings. The first-order valence-corrected chi connectivity index (χ1v) is 7.37. The summed E-state index contributed by atoms with van der Waals surface area (Å²) in [6, 6.07) is 10.4. The highest BCUT2D eigenvalue weighted by Gasteiger charge is 2.07. The Morgan fingerprint density at radius 1 is 1.21 bits per heavy atom. The average Bonchev–Trinajstić information content (AvgIpc) is 2.74. The van der Waals surface area contributed by atoms with Gasteiger partial charge in [0.05, 0.1) is 11.4 Å². The van der Waals surface area contributed by atoms with Gasteiger partial charge in [-0.2, -0.15) is 0 Å². The van der Waals surface area contributed by atoms with Crippen LogP contribution in [0.25, 0.3) is 0 Å². The lowest BCUT2D eigenvalue weighted by atomic mass is 10.2. The molecule has 102 valence electrons. The van der Waals surface area contributed by atoms with Gasteiger partial charge in [0.1, 0.15) is 11.5 Å². The Bertz CT molecular complexity index is 662. The number of rotatable bonds is 5. The first-order chi connectivity index (χ1) is 8.95. The van der Waals surface area contributed by atoms with Crippen LogP contribution in [-0.2, 0) is 23.1 Å². The first kappa shape index (κ1) is 13.8. The molecule has 0 spiro atoms. The minimum Gasteiger partial charge on any atom is -0.465 e. The molecule has 1 aromatic carbocycles. The van der Waals surface area contributed by atoms with Crippen LogP contribution in [0.3, 0.4) is 0 Å². The van der Waals surface area contributed by atoms with E-state index < -0.39 is 10.0 Å². The van der Waals surface area contributed by atoms with E-state index in [0.29, 0.717) is 13.1 Å². The van der Waals surface area contributed by atoms with E-state index in [2.05, 4.69) is 5.32 Å². The topological polar surface area (TPSA) is 85.3 Å². The molecule has 0 amide bonds. The number of sulfonamides is 1. The number of nitrogens with one attached hydrogen (secondary N) is 1. The summed E-state index contributed by atoms with van der Waals surface area (Å²) in [4.78, 5) is 0.126. The number of aryl methyl sites for hydroxylation is 1. The Kier molecular flexibility index (Phi) is 4.04. The third kappa shape index (κ3) is 3.92. The van der Waals surface area contributed by atoms with Crippen LogP contribution < -0.4 is 10.5 Å². The van der Waals surface area contributed by atoms with E-state index in [-0.39, 0.29) is 4.90 Å². The van der Waals surface area contributed by atoms with Crippen LogP contribution >= 0.6 is 0 Å². The van der Waals surface area contributed by atoms with E-state index in [1.165, 1.54) is 6.07 Å². The summed E-state index contributed by atoms with van der Waals surface area (Å²) in [5.41, 5.74) is 0.856. The van der Waals surface area contributed by atoms with Crippen LogP contribution in [0.2, 0.25) is 0 Å². The predicted octanol–water partition coefficient (Wildman–Crippen LogP) is 1.53. The Hall–Kier alpha value is -1.63. The first-order valence-electron chi connectivity index (χ1n) is 5.83. The molecule has 2 rings (SSSR count). The van der Waals surface area contributed by atoms with Gasteiger partial charge in [0.15, 0.2) is 0 Å². The highest BCUT2D eigenvalue weighted by atomic mass is 32.2. The number of hydrogen-bond donors (Lipinski definition) is 2. The zero-order chi connectivity index (χ0) is 13.9. The van der Waals surface area contributed by atoms with Crippen LogP contribution in [0.4, 0.5) is 0 Å². The van der Waals surface area contributed by atoms with Gasteiger partial charge in [-0.1, -0.05) is 12.1 Å². The second-order valence-corrected chi connectivity index (χ2v) is 5.87.